The van der Waals surface area contributed by atoms with E-state index in [1.807, 2.05) is 6.07 Å². The summed E-state index contributed by atoms with van der Waals surface area (Å²) in [6.45, 7) is 0. The molecule has 0 saturated heterocycles. The number of amides is 1. The maximum atomic E-state index is 12.2. The van der Waals surface area contributed by atoms with Crippen molar-refractivity contribution in [2.45, 2.75) is 0 Å². The first kappa shape index (κ1) is 13.8. The van der Waals surface area contributed by atoms with Gasteiger partial charge in [-0.25, -0.2) is 5.06 Å². The van der Waals surface area contributed by atoms with Crippen LogP contribution in [0.25, 0.3) is 11.0 Å². The molecule has 0 aliphatic carbocycles. The van der Waals surface area contributed by atoms with Crippen LogP contribution < -0.4 is 0 Å². The largest absolute Gasteiger partial charge is 0.286 e. The average molecular weight is 296 g/mol. The number of benzene rings is 1. The van der Waals surface area contributed by atoms with E-state index in [1.165, 1.54) is 17.9 Å². The van der Waals surface area contributed by atoms with Crippen LogP contribution in [-0.4, -0.2) is 49.2 Å². The Morgan fingerprint density at radius 2 is 2.09 bits per heavy atom. The molecule has 0 radical (unpaired) electrons. The Morgan fingerprint density at radius 1 is 1.27 bits per heavy atom. The zero-order valence-electron chi connectivity index (χ0n) is 11.7. The van der Waals surface area contributed by atoms with Crippen molar-refractivity contribution >= 4 is 22.9 Å². The number of carbonyl (C=O) groups is 1. The minimum atomic E-state index is -0.538. The third-order valence-corrected chi connectivity index (χ3v) is 2.94. The number of aliphatic imine (C=N–C) groups is 1. The highest BCUT2D eigenvalue weighted by Crippen LogP contribution is 2.11. The summed E-state index contributed by atoms with van der Waals surface area (Å²) in [4.78, 5) is 19.9. The highest BCUT2D eigenvalue weighted by molar-refractivity contribution is 6.04. The van der Waals surface area contributed by atoms with Crippen molar-refractivity contribution in [1.82, 2.24) is 25.0 Å². The summed E-state index contributed by atoms with van der Waals surface area (Å²) in [5.41, 5.74) is 1.57. The third-order valence-electron chi connectivity index (χ3n) is 2.94. The minimum Gasteiger partial charge on any atom is -0.286 e. The fourth-order valence-corrected chi connectivity index (χ4v) is 1.92. The van der Waals surface area contributed by atoms with Crippen molar-refractivity contribution in [3.8, 4) is 0 Å². The first-order chi connectivity index (χ1) is 10.7. The summed E-state index contributed by atoms with van der Waals surface area (Å²) in [7, 11) is 1.35. The van der Waals surface area contributed by atoms with Crippen LogP contribution in [0.15, 0.2) is 53.8 Å². The molecule has 2 aromatic heterocycles. The molecule has 0 spiro atoms. The molecule has 0 fully saturated rings. The zero-order chi connectivity index (χ0) is 15.5. The van der Waals surface area contributed by atoms with Crippen molar-refractivity contribution in [3.63, 3.8) is 0 Å². The van der Waals surface area contributed by atoms with E-state index in [9.17, 15) is 10.0 Å². The molecule has 0 aliphatic heterocycles. The lowest BCUT2D eigenvalue weighted by Gasteiger charge is -2.13. The minimum absolute atomic E-state index is 0.0532. The molecular weight excluding hydrogens is 284 g/mol. The second-order valence-corrected chi connectivity index (χ2v) is 4.47. The van der Waals surface area contributed by atoms with Gasteiger partial charge < -0.3 is 0 Å². The van der Waals surface area contributed by atoms with Crippen LogP contribution in [0, 0.1) is 0 Å². The monoisotopic (exact) mass is 296 g/mol. The average Bonchev–Trinajstić information content (AvgIpc) is 2.96. The molecule has 110 valence electrons. The van der Waals surface area contributed by atoms with Gasteiger partial charge in [0.2, 0.25) is 0 Å². The quantitative estimate of drug-likeness (QED) is 0.411. The van der Waals surface area contributed by atoms with Crippen LogP contribution in [0.2, 0.25) is 0 Å². The number of aromatic nitrogens is 4. The van der Waals surface area contributed by atoms with Gasteiger partial charge in [0.15, 0.2) is 0 Å². The third kappa shape index (κ3) is 2.54. The lowest BCUT2D eigenvalue weighted by atomic mass is 10.3. The Labute approximate surface area is 125 Å². The summed E-state index contributed by atoms with van der Waals surface area (Å²) in [5, 5.41) is 18.4. The summed E-state index contributed by atoms with van der Waals surface area (Å²) >= 11 is 0. The van der Waals surface area contributed by atoms with Gasteiger partial charge in [0.1, 0.15) is 5.52 Å². The molecule has 0 atom stereocenters. The molecule has 1 N–H and O–H groups in total. The highest BCUT2D eigenvalue weighted by Gasteiger charge is 2.16. The lowest BCUT2D eigenvalue weighted by Crippen LogP contribution is -2.31. The second-order valence-electron chi connectivity index (χ2n) is 4.47. The van der Waals surface area contributed by atoms with E-state index in [4.69, 9.17) is 0 Å². The maximum Gasteiger partial charge on any atom is 0.281 e. The number of pyridine rings is 1. The molecule has 8 heteroatoms. The molecule has 0 aliphatic rings. The maximum absolute atomic E-state index is 12.2. The SMILES string of the molecule is CN(O)/C(=N/C(=O)c1cccnc1)n1nnc2ccccc21. The number of para-hydroxylation sites is 1. The van der Waals surface area contributed by atoms with Crippen molar-refractivity contribution in [2.24, 2.45) is 4.99 Å². The van der Waals surface area contributed by atoms with Gasteiger partial charge in [-0.1, -0.05) is 17.3 Å². The van der Waals surface area contributed by atoms with E-state index in [1.54, 1.807) is 36.5 Å². The summed E-state index contributed by atoms with van der Waals surface area (Å²) in [6, 6.07) is 10.4. The van der Waals surface area contributed by atoms with Crippen LogP contribution in [0.1, 0.15) is 10.4 Å². The van der Waals surface area contributed by atoms with Crippen LogP contribution >= 0.6 is 0 Å². The molecule has 3 rings (SSSR count). The number of hydroxylamine groups is 2. The number of hydrogen-bond donors (Lipinski definition) is 1. The van der Waals surface area contributed by atoms with Gasteiger partial charge in [-0.05, 0) is 24.3 Å². The Kier molecular flexibility index (Phi) is 3.58. The fourth-order valence-electron chi connectivity index (χ4n) is 1.92. The van der Waals surface area contributed by atoms with E-state index in [2.05, 4.69) is 20.3 Å². The first-order valence-electron chi connectivity index (χ1n) is 6.43. The van der Waals surface area contributed by atoms with E-state index in [-0.39, 0.29) is 5.96 Å². The molecule has 0 saturated carbocycles. The van der Waals surface area contributed by atoms with Gasteiger partial charge in [-0.2, -0.15) is 9.67 Å². The van der Waals surface area contributed by atoms with Gasteiger partial charge in [0.05, 0.1) is 11.1 Å². The van der Waals surface area contributed by atoms with Crippen LogP contribution in [0.5, 0.6) is 0 Å². The first-order valence-corrected chi connectivity index (χ1v) is 6.43. The second kappa shape index (κ2) is 5.70. The molecule has 2 heterocycles. The van der Waals surface area contributed by atoms with E-state index in [0.29, 0.717) is 16.6 Å². The molecule has 0 bridgehead atoms. The van der Waals surface area contributed by atoms with Gasteiger partial charge in [-0.15, -0.1) is 5.10 Å². The molecule has 22 heavy (non-hydrogen) atoms. The Hall–Kier alpha value is -3.13. The van der Waals surface area contributed by atoms with E-state index >= 15 is 0 Å². The molecule has 1 amide bonds. The van der Waals surface area contributed by atoms with Gasteiger partial charge in [0.25, 0.3) is 11.9 Å². The Morgan fingerprint density at radius 3 is 2.82 bits per heavy atom. The zero-order valence-corrected chi connectivity index (χ0v) is 11.7. The predicted octanol–water partition coefficient (Wildman–Crippen LogP) is 1.19. The van der Waals surface area contributed by atoms with Gasteiger partial charge in [-0.3, -0.25) is 15.0 Å². The van der Waals surface area contributed by atoms with Crippen molar-refractivity contribution in [3.05, 3.63) is 54.4 Å². The molecule has 0 unspecified atom stereocenters. The summed E-state index contributed by atoms with van der Waals surface area (Å²) < 4.78 is 1.30. The smallest absolute Gasteiger partial charge is 0.281 e. The number of fused-ring (bicyclic) bond motifs is 1. The number of carbonyl (C=O) groups excluding carboxylic acids is 1. The topological polar surface area (TPSA) is 96.5 Å². The number of nitrogens with zero attached hydrogens (tertiary/aromatic N) is 6. The number of hydrogen-bond acceptors (Lipinski definition) is 5. The van der Waals surface area contributed by atoms with Crippen LogP contribution in [-0.2, 0) is 0 Å². The molecule has 8 nitrogen and oxygen atoms in total. The van der Waals surface area contributed by atoms with Gasteiger partial charge in [0, 0.05) is 19.4 Å². The van der Waals surface area contributed by atoms with Crippen molar-refractivity contribution in [2.75, 3.05) is 7.05 Å². The van der Waals surface area contributed by atoms with E-state index < -0.39 is 5.91 Å². The van der Waals surface area contributed by atoms with Gasteiger partial charge >= 0.3 is 0 Å². The summed E-state index contributed by atoms with van der Waals surface area (Å²) in [5.74, 6) is -0.592. The molecule has 1 aromatic carbocycles. The van der Waals surface area contributed by atoms with Crippen molar-refractivity contribution in [1.29, 1.82) is 0 Å². The standard InChI is InChI=1S/C14H12N6O2/c1-19(22)14(16-13(21)10-5-4-8-15-9-10)20-12-7-3-2-6-11(12)17-18-20/h2-9,22H,1H3/b16-14-. The highest BCUT2D eigenvalue weighted by atomic mass is 16.5. The van der Waals surface area contributed by atoms with E-state index in [0.717, 1.165) is 5.06 Å². The Bertz CT molecular complexity index is 841. The fraction of sp³-hybridized carbons (Fsp3) is 0.0714. The molecular formula is C14H12N6O2. The number of rotatable bonds is 1. The normalized spacial score (nSPS) is 11.6. The van der Waals surface area contributed by atoms with Crippen LogP contribution in [0.4, 0.5) is 0 Å². The Balaban J connectivity index is 2.07. The molecule has 3 aromatic rings. The predicted molar refractivity (Wildman–Crippen MR) is 78.5 cm³/mol. The van der Waals surface area contributed by atoms with Crippen molar-refractivity contribution < 1.29 is 10.0 Å². The summed E-state index contributed by atoms with van der Waals surface area (Å²) in [6.07, 6.45) is 2.96. The lowest BCUT2D eigenvalue weighted by molar-refractivity contribution is 0.00854. The van der Waals surface area contributed by atoms with Crippen LogP contribution in [0.3, 0.4) is 0 Å².